The molecule has 2 atom stereocenters. The zero-order chi connectivity index (χ0) is 13.2. The summed E-state index contributed by atoms with van der Waals surface area (Å²) < 4.78 is 0. The monoisotopic (exact) mass is 258 g/mol. The van der Waals surface area contributed by atoms with Crippen molar-refractivity contribution in [3.05, 3.63) is 31.2 Å². The molecule has 3 rings (SSSR count). The van der Waals surface area contributed by atoms with Gasteiger partial charge in [0.05, 0.1) is 12.1 Å². The fourth-order valence-corrected chi connectivity index (χ4v) is 3.09. The summed E-state index contributed by atoms with van der Waals surface area (Å²) >= 11 is 0. The number of carbonyl (C=O) groups excluding carboxylic acids is 1. The second-order valence-electron chi connectivity index (χ2n) is 5.20. The maximum Gasteiger partial charge on any atom is 0.228 e. The Bertz CT molecular complexity index is 476. The minimum atomic E-state index is 0.107. The van der Waals surface area contributed by atoms with E-state index in [-0.39, 0.29) is 11.8 Å². The van der Waals surface area contributed by atoms with E-state index in [1.165, 1.54) is 0 Å². The minimum Gasteiger partial charge on any atom is -0.354 e. The van der Waals surface area contributed by atoms with Crippen molar-refractivity contribution >= 4 is 11.7 Å². The van der Waals surface area contributed by atoms with Crippen LogP contribution < -0.4 is 4.90 Å². The molecule has 0 N–H and O–H groups in total. The van der Waals surface area contributed by atoms with E-state index in [4.69, 9.17) is 0 Å². The molecule has 0 bridgehead atoms. The number of aromatic nitrogens is 2. The summed E-state index contributed by atoms with van der Waals surface area (Å²) in [6.45, 7) is 6.90. The average Bonchev–Trinajstić information content (AvgIpc) is 2.88. The summed E-state index contributed by atoms with van der Waals surface area (Å²) in [5.41, 5.74) is 0. The summed E-state index contributed by atoms with van der Waals surface area (Å²) in [5.74, 6) is 1.70. The van der Waals surface area contributed by atoms with E-state index >= 15 is 0 Å². The van der Waals surface area contributed by atoms with Gasteiger partial charge in [0.25, 0.3) is 0 Å². The molecule has 19 heavy (non-hydrogen) atoms. The third-order valence-electron chi connectivity index (χ3n) is 4.06. The van der Waals surface area contributed by atoms with Gasteiger partial charge in [0.15, 0.2) is 0 Å². The van der Waals surface area contributed by atoms with Crippen LogP contribution in [-0.4, -0.2) is 47.0 Å². The fourth-order valence-electron chi connectivity index (χ4n) is 3.09. The Morgan fingerprint density at radius 2 is 2.32 bits per heavy atom. The molecule has 5 nitrogen and oxygen atoms in total. The molecule has 2 fully saturated rings. The number of rotatable bonds is 3. The minimum absolute atomic E-state index is 0.107. The number of amides is 1. The van der Waals surface area contributed by atoms with E-state index in [9.17, 15) is 4.79 Å². The van der Waals surface area contributed by atoms with Gasteiger partial charge in [-0.25, -0.2) is 4.98 Å². The second kappa shape index (κ2) is 4.99. The maximum atomic E-state index is 12.4. The lowest BCUT2D eigenvalue weighted by molar-refractivity contribution is -0.138. The highest BCUT2D eigenvalue weighted by molar-refractivity contribution is 5.81. The second-order valence-corrected chi connectivity index (χ2v) is 5.20. The van der Waals surface area contributed by atoms with Gasteiger partial charge in [0, 0.05) is 38.6 Å². The lowest BCUT2D eigenvalue weighted by Gasteiger charge is -2.32. The highest BCUT2D eigenvalue weighted by Gasteiger charge is 2.42. The Hall–Kier alpha value is -1.91. The molecule has 3 heterocycles. The molecule has 2 aliphatic rings. The van der Waals surface area contributed by atoms with Gasteiger partial charge in [-0.2, -0.15) is 0 Å². The molecule has 1 aromatic heterocycles. The maximum absolute atomic E-state index is 12.4. The largest absolute Gasteiger partial charge is 0.354 e. The molecular weight excluding hydrogens is 240 g/mol. The Kier molecular flexibility index (Phi) is 3.19. The predicted molar refractivity (Wildman–Crippen MR) is 72.6 cm³/mol. The average molecular weight is 258 g/mol. The lowest BCUT2D eigenvalue weighted by Crippen LogP contribution is -2.45. The van der Waals surface area contributed by atoms with Gasteiger partial charge < -0.3 is 9.80 Å². The molecule has 2 saturated heterocycles. The predicted octanol–water partition coefficient (Wildman–Crippen LogP) is 0.947. The number of hydrogen-bond donors (Lipinski definition) is 0. The molecular formula is C14H18N4O. The molecule has 0 radical (unpaired) electrons. The van der Waals surface area contributed by atoms with Gasteiger partial charge in [0.1, 0.15) is 5.82 Å². The molecule has 1 aromatic rings. The molecule has 100 valence electrons. The van der Waals surface area contributed by atoms with Gasteiger partial charge in [0.2, 0.25) is 5.91 Å². The molecule has 2 aliphatic heterocycles. The first kappa shape index (κ1) is 12.1. The van der Waals surface area contributed by atoms with E-state index < -0.39 is 0 Å². The van der Waals surface area contributed by atoms with Crippen LogP contribution in [0.2, 0.25) is 0 Å². The van der Waals surface area contributed by atoms with Crippen LogP contribution in [0, 0.1) is 11.8 Å². The first-order chi connectivity index (χ1) is 9.29. The fraction of sp³-hybridized carbons (Fsp3) is 0.500. The molecule has 5 heteroatoms. The van der Waals surface area contributed by atoms with Gasteiger partial charge in [-0.15, -0.1) is 6.58 Å². The third-order valence-corrected chi connectivity index (χ3v) is 4.06. The van der Waals surface area contributed by atoms with Crippen LogP contribution in [0.5, 0.6) is 0 Å². The first-order valence-corrected chi connectivity index (χ1v) is 6.70. The number of carbonyl (C=O) groups is 1. The normalized spacial score (nSPS) is 26.4. The summed E-state index contributed by atoms with van der Waals surface area (Å²) in [6.07, 6.45) is 8.00. The van der Waals surface area contributed by atoms with E-state index in [1.54, 1.807) is 24.7 Å². The molecule has 0 aromatic carbocycles. The summed E-state index contributed by atoms with van der Waals surface area (Å²) in [6, 6.07) is 0. The highest BCUT2D eigenvalue weighted by atomic mass is 16.2. The number of anilines is 1. The number of fused-ring (bicyclic) bond motifs is 1. The Labute approximate surface area is 113 Å². The van der Waals surface area contributed by atoms with Crippen molar-refractivity contribution < 1.29 is 4.79 Å². The lowest BCUT2D eigenvalue weighted by atomic mass is 9.88. The zero-order valence-corrected chi connectivity index (χ0v) is 10.9. The summed E-state index contributed by atoms with van der Waals surface area (Å²) in [5, 5.41) is 0. The van der Waals surface area contributed by atoms with E-state index in [2.05, 4.69) is 21.4 Å². The van der Waals surface area contributed by atoms with Crippen molar-refractivity contribution in [3.8, 4) is 0 Å². The molecule has 1 amide bonds. The van der Waals surface area contributed by atoms with Crippen molar-refractivity contribution in [1.82, 2.24) is 14.9 Å². The van der Waals surface area contributed by atoms with Crippen LogP contribution in [0.1, 0.15) is 6.42 Å². The van der Waals surface area contributed by atoms with Gasteiger partial charge in [-0.1, -0.05) is 6.08 Å². The Morgan fingerprint density at radius 3 is 3.05 bits per heavy atom. The molecule has 0 unspecified atom stereocenters. The van der Waals surface area contributed by atoms with Crippen molar-refractivity contribution in [1.29, 1.82) is 0 Å². The van der Waals surface area contributed by atoms with Crippen LogP contribution in [0.15, 0.2) is 31.2 Å². The third kappa shape index (κ3) is 2.20. The SMILES string of the molecule is C=CCN1CC[C@@H]2CN(c3cnccn3)C[C@H]2C1=O. The highest BCUT2D eigenvalue weighted by Crippen LogP contribution is 2.33. The van der Waals surface area contributed by atoms with Crippen LogP contribution in [0.25, 0.3) is 0 Å². The van der Waals surface area contributed by atoms with Crippen molar-refractivity contribution in [2.45, 2.75) is 6.42 Å². The quantitative estimate of drug-likeness (QED) is 0.757. The van der Waals surface area contributed by atoms with Gasteiger partial charge >= 0.3 is 0 Å². The smallest absolute Gasteiger partial charge is 0.228 e. The Morgan fingerprint density at radius 1 is 1.42 bits per heavy atom. The van der Waals surface area contributed by atoms with Crippen LogP contribution in [0.3, 0.4) is 0 Å². The summed E-state index contributed by atoms with van der Waals surface area (Å²) in [4.78, 5) is 24.9. The van der Waals surface area contributed by atoms with Gasteiger partial charge in [-0.3, -0.25) is 9.78 Å². The van der Waals surface area contributed by atoms with E-state index in [1.807, 2.05) is 4.90 Å². The number of piperidine rings is 1. The van der Waals surface area contributed by atoms with Crippen LogP contribution in [-0.2, 0) is 4.79 Å². The van der Waals surface area contributed by atoms with Crippen molar-refractivity contribution in [3.63, 3.8) is 0 Å². The van der Waals surface area contributed by atoms with Crippen LogP contribution >= 0.6 is 0 Å². The standard InChI is InChI=1S/C14H18N4O/c1-2-6-17-7-3-11-9-18(10-12(11)14(17)19)13-8-15-4-5-16-13/h2,4-5,8,11-12H,1,3,6-7,9-10H2/t11-,12-/m1/s1. The zero-order valence-electron chi connectivity index (χ0n) is 10.9. The first-order valence-electron chi connectivity index (χ1n) is 6.70. The summed E-state index contributed by atoms with van der Waals surface area (Å²) in [7, 11) is 0. The van der Waals surface area contributed by atoms with E-state index in [0.29, 0.717) is 12.5 Å². The van der Waals surface area contributed by atoms with Crippen LogP contribution in [0.4, 0.5) is 5.82 Å². The van der Waals surface area contributed by atoms with Crippen molar-refractivity contribution in [2.75, 3.05) is 31.1 Å². The Balaban J connectivity index is 1.74. The molecule has 0 aliphatic carbocycles. The van der Waals surface area contributed by atoms with E-state index in [0.717, 1.165) is 31.9 Å². The number of hydrogen-bond acceptors (Lipinski definition) is 4. The molecule has 0 spiro atoms. The topological polar surface area (TPSA) is 49.3 Å². The van der Waals surface area contributed by atoms with Crippen molar-refractivity contribution in [2.24, 2.45) is 11.8 Å². The van der Waals surface area contributed by atoms with Gasteiger partial charge in [-0.05, 0) is 12.3 Å². The number of likely N-dealkylation sites (tertiary alicyclic amines) is 1. The number of nitrogens with zero attached hydrogens (tertiary/aromatic N) is 4. The molecule has 0 saturated carbocycles.